The number of rotatable bonds is 4. The van der Waals surface area contributed by atoms with Gasteiger partial charge in [-0.1, -0.05) is 11.6 Å². The summed E-state index contributed by atoms with van der Waals surface area (Å²) in [6.45, 7) is 1.79. The maximum Gasteiger partial charge on any atom is 0.241 e. The standard InChI is InChI=1S/C14H15ClN2O3/c1-8-13(15)17-14(20-4)12(16-8)9-5-6-10(18-2)11(7-9)19-3/h5-7H,1-4H3. The van der Waals surface area contributed by atoms with E-state index in [1.807, 2.05) is 12.1 Å². The second kappa shape index (κ2) is 5.96. The Labute approximate surface area is 122 Å². The van der Waals surface area contributed by atoms with Gasteiger partial charge in [0.25, 0.3) is 0 Å². The van der Waals surface area contributed by atoms with E-state index in [9.17, 15) is 0 Å². The highest BCUT2D eigenvalue weighted by molar-refractivity contribution is 6.30. The molecule has 6 heteroatoms. The topological polar surface area (TPSA) is 53.5 Å². The van der Waals surface area contributed by atoms with Crippen LogP contribution in [0.3, 0.4) is 0 Å². The van der Waals surface area contributed by atoms with Crippen molar-refractivity contribution >= 4 is 11.6 Å². The molecule has 0 aliphatic rings. The fourth-order valence-corrected chi connectivity index (χ4v) is 1.92. The van der Waals surface area contributed by atoms with Gasteiger partial charge in [0, 0.05) is 5.56 Å². The third kappa shape index (κ3) is 2.63. The molecule has 0 radical (unpaired) electrons. The molecule has 0 saturated heterocycles. The van der Waals surface area contributed by atoms with E-state index >= 15 is 0 Å². The molecule has 2 aromatic rings. The molecular weight excluding hydrogens is 280 g/mol. The third-order valence-electron chi connectivity index (χ3n) is 2.83. The second-order valence-corrected chi connectivity index (χ2v) is 4.39. The van der Waals surface area contributed by atoms with Crippen molar-refractivity contribution in [3.05, 3.63) is 29.0 Å². The molecule has 1 heterocycles. The molecule has 106 valence electrons. The minimum Gasteiger partial charge on any atom is -0.493 e. The number of hydrogen-bond acceptors (Lipinski definition) is 5. The predicted octanol–water partition coefficient (Wildman–Crippen LogP) is 3.13. The molecule has 1 aromatic carbocycles. The van der Waals surface area contributed by atoms with Crippen LogP contribution in [0.25, 0.3) is 11.3 Å². The van der Waals surface area contributed by atoms with Crippen LogP contribution in [-0.4, -0.2) is 31.3 Å². The smallest absolute Gasteiger partial charge is 0.241 e. The molecule has 0 unspecified atom stereocenters. The fourth-order valence-electron chi connectivity index (χ4n) is 1.80. The molecule has 0 aliphatic carbocycles. The zero-order chi connectivity index (χ0) is 14.7. The number of methoxy groups -OCH3 is 3. The number of benzene rings is 1. The first kappa shape index (κ1) is 14.4. The summed E-state index contributed by atoms with van der Waals surface area (Å²) in [5.41, 5.74) is 2.05. The van der Waals surface area contributed by atoms with Gasteiger partial charge in [0.15, 0.2) is 16.7 Å². The quantitative estimate of drug-likeness (QED) is 0.867. The van der Waals surface area contributed by atoms with Crippen molar-refractivity contribution in [1.82, 2.24) is 9.97 Å². The fraction of sp³-hybridized carbons (Fsp3) is 0.286. The van der Waals surface area contributed by atoms with Crippen molar-refractivity contribution in [3.8, 4) is 28.6 Å². The van der Waals surface area contributed by atoms with Gasteiger partial charge in [-0.15, -0.1) is 0 Å². The van der Waals surface area contributed by atoms with Crippen LogP contribution in [0.5, 0.6) is 17.4 Å². The Balaban J connectivity index is 2.59. The Morgan fingerprint density at radius 3 is 2.25 bits per heavy atom. The zero-order valence-corrected chi connectivity index (χ0v) is 12.5. The number of aryl methyl sites for hydroxylation is 1. The minimum atomic E-state index is 0.325. The summed E-state index contributed by atoms with van der Waals surface area (Å²) in [5.74, 6) is 1.63. The van der Waals surface area contributed by atoms with E-state index in [0.29, 0.717) is 33.9 Å². The van der Waals surface area contributed by atoms with Crippen molar-refractivity contribution < 1.29 is 14.2 Å². The normalized spacial score (nSPS) is 10.2. The predicted molar refractivity (Wildman–Crippen MR) is 76.9 cm³/mol. The molecule has 0 spiro atoms. The Bertz CT molecular complexity index is 632. The summed E-state index contributed by atoms with van der Waals surface area (Å²) in [5, 5.41) is 0.325. The summed E-state index contributed by atoms with van der Waals surface area (Å²) < 4.78 is 15.7. The number of ether oxygens (including phenoxy) is 3. The number of aromatic nitrogens is 2. The van der Waals surface area contributed by atoms with Crippen LogP contribution in [0.4, 0.5) is 0 Å². The Kier molecular flexibility index (Phi) is 4.29. The van der Waals surface area contributed by atoms with Crippen LogP contribution < -0.4 is 14.2 Å². The molecule has 1 aromatic heterocycles. The molecule has 0 bridgehead atoms. The van der Waals surface area contributed by atoms with E-state index in [4.69, 9.17) is 25.8 Å². The van der Waals surface area contributed by atoms with E-state index in [-0.39, 0.29) is 0 Å². The van der Waals surface area contributed by atoms with Crippen molar-refractivity contribution in [3.63, 3.8) is 0 Å². The maximum absolute atomic E-state index is 5.96. The Hall–Kier alpha value is -2.01. The summed E-state index contributed by atoms with van der Waals surface area (Å²) in [4.78, 5) is 8.60. The average molecular weight is 295 g/mol. The molecule has 0 atom stereocenters. The first-order chi connectivity index (χ1) is 9.60. The van der Waals surface area contributed by atoms with Gasteiger partial charge in [-0.25, -0.2) is 4.98 Å². The lowest BCUT2D eigenvalue weighted by Gasteiger charge is -2.12. The lowest BCUT2D eigenvalue weighted by molar-refractivity contribution is 0.355. The summed E-state index contributed by atoms with van der Waals surface area (Å²) in [7, 11) is 4.70. The molecule has 0 N–H and O–H groups in total. The van der Waals surface area contributed by atoms with Crippen molar-refractivity contribution in [2.45, 2.75) is 6.92 Å². The zero-order valence-electron chi connectivity index (χ0n) is 11.7. The van der Waals surface area contributed by atoms with Gasteiger partial charge in [-0.05, 0) is 25.1 Å². The summed E-state index contributed by atoms with van der Waals surface area (Å²) in [6, 6.07) is 5.49. The van der Waals surface area contributed by atoms with E-state index < -0.39 is 0 Å². The Morgan fingerprint density at radius 1 is 0.950 bits per heavy atom. The van der Waals surface area contributed by atoms with Gasteiger partial charge in [-0.2, -0.15) is 4.98 Å². The lowest BCUT2D eigenvalue weighted by atomic mass is 10.1. The molecule has 2 rings (SSSR count). The van der Waals surface area contributed by atoms with Crippen LogP contribution in [0.1, 0.15) is 5.69 Å². The van der Waals surface area contributed by atoms with Gasteiger partial charge < -0.3 is 14.2 Å². The van der Waals surface area contributed by atoms with E-state index in [1.165, 1.54) is 7.11 Å². The van der Waals surface area contributed by atoms with Crippen molar-refractivity contribution in [1.29, 1.82) is 0 Å². The van der Waals surface area contributed by atoms with Crippen molar-refractivity contribution in [2.75, 3.05) is 21.3 Å². The van der Waals surface area contributed by atoms with Gasteiger partial charge in [-0.3, -0.25) is 0 Å². The van der Waals surface area contributed by atoms with Crippen LogP contribution >= 0.6 is 11.6 Å². The monoisotopic (exact) mass is 294 g/mol. The number of hydrogen-bond donors (Lipinski definition) is 0. The molecule has 0 saturated carbocycles. The van der Waals surface area contributed by atoms with Crippen LogP contribution in [-0.2, 0) is 0 Å². The number of halogens is 1. The molecule has 0 aliphatic heterocycles. The highest BCUT2D eigenvalue weighted by atomic mass is 35.5. The van der Waals surface area contributed by atoms with Crippen LogP contribution in [0.2, 0.25) is 5.15 Å². The van der Waals surface area contributed by atoms with E-state index in [2.05, 4.69) is 9.97 Å². The molecule has 20 heavy (non-hydrogen) atoms. The minimum absolute atomic E-state index is 0.325. The first-order valence-corrected chi connectivity index (χ1v) is 6.29. The van der Waals surface area contributed by atoms with Gasteiger partial charge in [0.05, 0.1) is 27.0 Å². The van der Waals surface area contributed by atoms with E-state index in [0.717, 1.165) is 5.56 Å². The van der Waals surface area contributed by atoms with E-state index in [1.54, 1.807) is 27.2 Å². The van der Waals surface area contributed by atoms with Gasteiger partial charge in [0.1, 0.15) is 5.69 Å². The second-order valence-electron chi connectivity index (χ2n) is 4.03. The average Bonchev–Trinajstić information content (AvgIpc) is 2.48. The molecule has 0 amide bonds. The first-order valence-electron chi connectivity index (χ1n) is 5.91. The number of nitrogens with zero attached hydrogens (tertiary/aromatic N) is 2. The molecule has 5 nitrogen and oxygen atoms in total. The lowest BCUT2D eigenvalue weighted by Crippen LogP contribution is -1.99. The summed E-state index contributed by atoms with van der Waals surface area (Å²) >= 11 is 5.96. The van der Waals surface area contributed by atoms with Crippen LogP contribution in [0, 0.1) is 6.92 Å². The van der Waals surface area contributed by atoms with Crippen LogP contribution in [0.15, 0.2) is 18.2 Å². The molecular formula is C14H15ClN2O3. The van der Waals surface area contributed by atoms with Gasteiger partial charge in [0.2, 0.25) is 5.88 Å². The largest absolute Gasteiger partial charge is 0.493 e. The Morgan fingerprint density at radius 2 is 1.65 bits per heavy atom. The highest BCUT2D eigenvalue weighted by Gasteiger charge is 2.15. The van der Waals surface area contributed by atoms with Crippen molar-refractivity contribution in [2.24, 2.45) is 0 Å². The third-order valence-corrected chi connectivity index (χ3v) is 3.19. The van der Waals surface area contributed by atoms with Gasteiger partial charge >= 0.3 is 0 Å². The maximum atomic E-state index is 5.96. The summed E-state index contributed by atoms with van der Waals surface area (Å²) in [6.07, 6.45) is 0. The highest BCUT2D eigenvalue weighted by Crippen LogP contribution is 2.35. The molecule has 0 fully saturated rings. The SMILES string of the molecule is COc1ccc(-c2nc(C)c(Cl)nc2OC)cc1OC.